The van der Waals surface area contributed by atoms with Crippen molar-refractivity contribution in [3.8, 4) is 0 Å². The van der Waals surface area contributed by atoms with Gasteiger partial charge in [-0.3, -0.25) is 4.79 Å². The van der Waals surface area contributed by atoms with E-state index in [4.69, 9.17) is 11.6 Å². The van der Waals surface area contributed by atoms with E-state index in [0.29, 0.717) is 29.5 Å². The Morgan fingerprint density at radius 2 is 2.13 bits per heavy atom. The van der Waals surface area contributed by atoms with Gasteiger partial charge in [0.1, 0.15) is 12.1 Å². The lowest BCUT2D eigenvalue weighted by Crippen LogP contribution is -2.15. The number of carbonyl (C=O) groups excluding carboxylic acids is 1. The van der Waals surface area contributed by atoms with E-state index >= 15 is 0 Å². The van der Waals surface area contributed by atoms with Crippen LogP contribution in [0.2, 0.25) is 5.02 Å². The van der Waals surface area contributed by atoms with Gasteiger partial charge in [0.25, 0.3) is 5.78 Å². The molecular formula is C15H15ClN6O. The number of fused-ring (bicyclic) bond motifs is 1. The number of anilines is 1. The predicted molar refractivity (Wildman–Crippen MR) is 86.5 cm³/mol. The number of nitrogens with one attached hydrogen (secondary N) is 1. The van der Waals surface area contributed by atoms with Crippen LogP contribution < -0.4 is 5.32 Å². The van der Waals surface area contributed by atoms with E-state index in [1.54, 1.807) is 16.6 Å². The molecule has 0 unspecified atom stereocenters. The lowest BCUT2D eigenvalue weighted by molar-refractivity contribution is -0.116. The standard InChI is InChI=1S/C15H15ClN6O/c1-9-12(10(2)22-15(20-9)18-8-19-22)4-6-14(23)21-13-5-3-11(16)7-17-13/h3,5,7-8H,4,6H2,1-2H3,(H,17,21,23). The normalized spacial score (nSPS) is 10.9. The molecule has 0 radical (unpaired) electrons. The first-order chi connectivity index (χ1) is 11.0. The Morgan fingerprint density at radius 3 is 2.87 bits per heavy atom. The van der Waals surface area contributed by atoms with E-state index in [1.165, 1.54) is 12.5 Å². The average Bonchev–Trinajstić information content (AvgIpc) is 2.98. The molecule has 0 saturated heterocycles. The first-order valence-corrected chi connectivity index (χ1v) is 7.49. The topological polar surface area (TPSA) is 85.1 Å². The summed E-state index contributed by atoms with van der Waals surface area (Å²) in [5.41, 5.74) is 2.81. The molecular weight excluding hydrogens is 316 g/mol. The van der Waals surface area contributed by atoms with Crippen LogP contribution in [0, 0.1) is 13.8 Å². The van der Waals surface area contributed by atoms with E-state index in [1.807, 2.05) is 13.8 Å². The Balaban J connectivity index is 1.70. The predicted octanol–water partition coefficient (Wildman–Crippen LogP) is 2.36. The Morgan fingerprint density at radius 1 is 1.30 bits per heavy atom. The Kier molecular flexibility index (Phi) is 4.20. The van der Waals surface area contributed by atoms with Gasteiger partial charge >= 0.3 is 0 Å². The van der Waals surface area contributed by atoms with Crippen molar-refractivity contribution in [2.45, 2.75) is 26.7 Å². The molecule has 3 aromatic rings. The molecule has 118 valence electrons. The Bertz CT molecular complexity index is 858. The largest absolute Gasteiger partial charge is 0.311 e. The molecule has 0 aliphatic rings. The molecule has 7 nitrogen and oxygen atoms in total. The van der Waals surface area contributed by atoms with Crippen molar-refractivity contribution in [2.24, 2.45) is 0 Å². The minimum absolute atomic E-state index is 0.114. The van der Waals surface area contributed by atoms with Crippen molar-refractivity contribution >= 4 is 29.1 Å². The highest BCUT2D eigenvalue weighted by atomic mass is 35.5. The highest BCUT2D eigenvalue weighted by Gasteiger charge is 2.12. The average molecular weight is 331 g/mol. The molecule has 0 bridgehead atoms. The molecule has 0 atom stereocenters. The number of aromatic nitrogens is 5. The van der Waals surface area contributed by atoms with Gasteiger partial charge in [-0.25, -0.2) is 14.5 Å². The third-order valence-corrected chi connectivity index (χ3v) is 3.81. The lowest BCUT2D eigenvalue weighted by atomic mass is 10.1. The molecule has 0 spiro atoms. The summed E-state index contributed by atoms with van der Waals surface area (Å²) in [6, 6.07) is 3.35. The van der Waals surface area contributed by atoms with Crippen LogP contribution in [0.3, 0.4) is 0 Å². The quantitative estimate of drug-likeness (QED) is 0.793. The second kappa shape index (κ2) is 6.29. The first kappa shape index (κ1) is 15.4. The van der Waals surface area contributed by atoms with Crippen LogP contribution in [0.25, 0.3) is 5.78 Å². The summed E-state index contributed by atoms with van der Waals surface area (Å²) in [5.74, 6) is 0.938. The van der Waals surface area contributed by atoms with Crippen LogP contribution in [0.15, 0.2) is 24.7 Å². The highest BCUT2D eigenvalue weighted by molar-refractivity contribution is 6.30. The maximum atomic E-state index is 12.1. The van der Waals surface area contributed by atoms with Crippen LogP contribution in [0.1, 0.15) is 23.4 Å². The number of pyridine rings is 1. The van der Waals surface area contributed by atoms with Gasteiger partial charge in [-0.2, -0.15) is 10.1 Å². The number of aryl methyl sites for hydroxylation is 2. The van der Waals surface area contributed by atoms with Crippen molar-refractivity contribution < 1.29 is 4.79 Å². The van der Waals surface area contributed by atoms with E-state index in [0.717, 1.165) is 17.0 Å². The van der Waals surface area contributed by atoms with Crippen molar-refractivity contribution in [2.75, 3.05) is 5.32 Å². The number of nitrogens with zero attached hydrogens (tertiary/aromatic N) is 5. The summed E-state index contributed by atoms with van der Waals surface area (Å²) in [6.07, 6.45) is 3.86. The highest BCUT2D eigenvalue weighted by Crippen LogP contribution is 2.15. The summed E-state index contributed by atoms with van der Waals surface area (Å²) >= 11 is 5.77. The van der Waals surface area contributed by atoms with Crippen molar-refractivity contribution in [1.82, 2.24) is 24.6 Å². The molecule has 3 aromatic heterocycles. The first-order valence-electron chi connectivity index (χ1n) is 7.12. The van der Waals surface area contributed by atoms with Crippen molar-refractivity contribution in [1.29, 1.82) is 0 Å². The molecule has 3 heterocycles. The van der Waals surface area contributed by atoms with Crippen LogP contribution >= 0.6 is 11.6 Å². The van der Waals surface area contributed by atoms with Gasteiger partial charge in [0.15, 0.2) is 0 Å². The lowest BCUT2D eigenvalue weighted by Gasteiger charge is -2.10. The fourth-order valence-electron chi connectivity index (χ4n) is 2.41. The molecule has 0 aliphatic carbocycles. The zero-order valence-electron chi connectivity index (χ0n) is 12.7. The molecule has 0 aromatic carbocycles. The summed E-state index contributed by atoms with van der Waals surface area (Å²) in [7, 11) is 0. The van der Waals surface area contributed by atoms with Crippen LogP contribution in [0.4, 0.5) is 5.82 Å². The maximum absolute atomic E-state index is 12.1. The summed E-state index contributed by atoms with van der Waals surface area (Å²) in [4.78, 5) is 24.6. The summed E-state index contributed by atoms with van der Waals surface area (Å²) in [5, 5.41) is 7.42. The number of hydrogen-bond acceptors (Lipinski definition) is 5. The van der Waals surface area contributed by atoms with Gasteiger partial charge in [-0.1, -0.05) is 11.6 Å². The Hall–Kier alpha value is -2.54. The molecule has 0 fully saturated rings. The number of halogens is 1. The van der Waals surface area contributed by atoms with Gasteiger partial charge < -0.3 is 5.32 Å². The van der Waals surface area contributed by atoms with Crippen molar-refractivity contribution in [3.05, 3.63) is 46.6 Å². The zero-order valence-corrected chi connectivity index (χ0v) is 13.5. The fraction of sp³-hybridized carbons (Fsp3) is 0.267. The van der Waals surface area contributed by atoms with E-state index < -0.39 is 0 Å². The molecule has 3 rings (SSSR count). The summed E-state index contributed by atoms with van der Waals surface area (Å²) in [6.45, 7) is 3.86. The second-order valence-electron chi connectivity index (χ2n) is 5.14. The van der Waals surface area contributed by atoms with Crippen LogP contribution in [-0.4, -0.2) is 30.5 Å². The molecule has 1 amide bonds. The summed E-state index contributed by atoms with van der Waals surface area (Å²) < 4.78 is 1.68. The SMILES string of the molecule is Cc1nc2ncnn2c(C)c1CCC(=O)Nc1ccc(Cl)cn1. The van der Waals surface area contributed by atoms with Crippen LogP contribution in [0.5, 0.6) is 0 Å². The smallest absolute Gasteiger partial charge is 0.252 e. The van der Waals surface area contributed by atoms with Gasteiger partial charge in [0, 0.05) is 24.0 Å². The monoisotopic (exact) mass is 330 g/mol. The number of amides is 1. The van der Waals surface area contributed by atoms with E-state index in [-0.39, 0.29) is 5.91 Å². The zero-order chi connectivity index (χ0) is 16.4. The fourth-order valence-corrected chi connectivity index (χ4v) is 2.52. The molecule has 1 N–H and O–H groups in total. The molecule has 0 aliphatic heterocycles. The molecule has 8 heteroatoms. The van der Waals surface area contributed by atoms with Gasteiger partial charge in [0.2, 0.25) is 5.91 Å². The third kappa shape index (κ3) is 3.29. The second-order valence-corrected chi connectivity index (χ2v) is 5.58. The number of rotatable bonds is 4. The van der Waals surface area contributed by atoms with E-state index in [9.17, 15) is 4.79 Å². The number of hydrogen-bond donors (Lipinski definition) is 1. The molecule has 23 heavy (non-hydrogen) atoms. The van der Waals surface area contributed by atoms with Crippen LogP contribution in [-0.2, 0) is 11.2 Å². The van der Waals surface area contributed by atoms with Gasteiger partial charge in [-0.05, 0) is 38.0 Å². The van der Waals surface area contributed by atoms with Crippen molar-refractivity contribution in [3.63, 3.8) is 0 Å². The van der Waals surface area contributed by atoms with Gasteiger partial charge in [0.05, 0.1) is 5.02 Å². The maximum Gasteiger partial charge on any atom is 0.252 e. The van der Waals surface area contributed by atoms with E-state index in [2.05, 4.69) is 25.4 Å². The Labute approximate surface area is 137 Å². The van der Waals surface area contributed by atoms with Gasteiger partial charge in [-0.15, -0.1) is 0 Å². The molecule has 0 saturated carbocycles. The minimum Gasteiger partial charge on any atom is -0.311 e. The number of carbonyl (C=O) groups is 1. The minimum atomic E-state index is -0.114. The third-order valence-electron chi connectivity index (χ3n) is 3.59.